The van der Waals surface area contributed by atoms with Gasteiger partial charge in [-0.25, -0.2) is 4.98 Å². The molecule has 0 unspecified atom stereocenters. The number of halogens is 3. The van der Waals surface area contributed by atoms with Crippen molar-refractivity contribution in [2.45, 2.75) is 39.4 Å². The summed E-state index contributed by atoms with van der Waals surface area (Å²) in [6, 6.07) is 14.2. The van der Waals surface area contributed by atoms with Crippen molar-refractivity contribution in [3.05, 3.63) is 89.1 Å². The van der Waals surface area contributed by atoms with Crippen molar-refractivity contribution in [3.8, 4) is 17.3 Å². The molecule has 2 aromatic carbocycles. The smallest absolute Gasteiger partial charge is 0.356 e. The van der Waals surface area contributed by atoms with Gasteiger partial charge >= 0.3 is 6.18 Å². The predicted molar refractivity (Wildman–Crippen MR) is 142 cm³/mol. The van der Waals surface area contributed by atoms with E-state index in [1.54, 1.807) is 23.1 Å². The number of carbonyl (C=O) groups is 1. The van der Waals surface area contributed by atoms with Crippen LogP contribution >= 0.6 is 13.5 Å². The predicted octanol–water partition coefficient (Wildman–Crippen LogP) is 5.45. The van der Waals surface area contributed by atoms with Crippen LogP contribution < -0.4 is 4.90 Å². The maximum atomic E-state index is 13.6. The number of imidazole rings is 1. The van der Waals surface area contributed by atoms with E-state index in [2.05, 4.69) is 10.1 Å². The molecule has 202 valence electrons. The molecule has 4 aromatic rings. The molecular weight excluding hydrogens is 529 g/mol. The lowest BCUT2D eigenvalue weighted by Crippen LogP contribution is -2.43. The molecule has 0 spiro atoms. The third-order valence-electron chi connectivity index (χ3n) is 6.44. The fraction of sp³-hybridized carbons (Fsp3) is 0.259. The number of anilines is 1. The minimum atomic E-state index is -4.67. The lowest BCUT2D eigenvalue weighted by atomic mass is 10.0. The number of nitrogens with zero attached hydrogens (tertiary/aromatic N) is 6. The molecule has 1 amide bonds. The van der Waals surface area contributed by atoms with Crippen LogP contribution in [0.4, 0.5) is 18.9 Å². The molecule has 1 atom stereocenters. The highest BCUT2D eigenvalue weighted by Crippen LogP contribution is 2.36. The van der Waals surface area contributed by atoms with E-state index in [0.717, 1.165) is 17.7 Å². The van der Waals surface area contributed by atoms with Crippen LogP contribution in [0, 0.1) is 18.3 Å². The molecule has 0 bridgehead atoms. The number of hydrogen-bond acceptors (Lipinski definition) is 5. The average molecular weight is 555 g/mol. The van der Waals surface area contributed by atoms with E-state index in [-0.39, 0.29) is 44.2 Å². The fourth-order valence-corrected chi connectivity index (χ4v) is 4.52. The summed E-state index contributed by atoms with van der Waals surface area (Å²) in [5.74, 6) is 0.245. The van der Waals surface area contributed by atoms with Crippen LogP contribution in [0.1, 0.15) is 46.0 Å². The molecule has 8 nitrogen and oxygen atoms in total. The summed E-state index contributed by atoms with van der Waals surface area (Å²) < 4.78 is 49.1. The molecule has 1 aliphatic rings. The van der Waals surface area contributed by atoms with Crippen LogP contribution in [0.3, 0.4) is 0 Å². The molecule has 2 aromatic heterocycles. The number of nitriles is 1. The van der Waals surface area contributed by atoms with E-state index in [0.29, 0.717) is 23.7 Å². The number of alkyl halides is 3. The number of carbonyl (C=O) groups excluding carboxylic acids is 1. The summed E-state index contributed by atoms with van der Waals surface area (Å²) in [6.45, 7) is 4.56. The second-order valence-corrected chi connectivity index (χ2v) is 9.06. The lowest BCUT2D eigenvalue weighted by molar-refractivity contribution is -0.137. The SMILES string of the molecule is Cc1nc(-c2cnn3c2C(=O)N(c2ccc(C(F)(F)F)c(C#N)c2)C[C@@H]3C)cn1COCc1ccccc1.S. The Kier molecular flexibility index (Phi) is 7.85. The first-order chi connectivity index (χ1) is 18.2. The minimum Gasteiger partial charge on any atom is -0.356 e. The van der Waals surface area contributed by atoms with E-state index >= 15 is 0 Å². The number of hydrogen-bond donors (Lipinski definition) is 0. The molecular formula is C27H25F3N6O2S. The van der Waals surface area contributed by atoms with Gasteiger partial charge in [0.1, 0.15) is 18.2 Å². The van der Waals surface area contributed by atoms with Crippen molar-refractivity contribution in [1.82, 2.24) is 19.3 Å². The van der Waals surface area contributed by atoms with Gasteiger partial charge in [0.15, 0.2) is 0 Å². The average Bonchev–Trinajstić information content (AvgIpc) is 3.50. The highest BCUT2D eigenvalue weighted by atomic mass is 32.1. The van der Waals surface area contributed by atoms with Gasteiger partial charge < -0.3 is 14.2 Å². The highest BCUT2D eigenvalue weighted by Gasteiger charge is 2.37. The largest absolute Gasteiger partial charge is 0.417 e. The summed E-state index contributed by atoms with van der Waals surface area (Å²) in [6.07, 6.45) is -1.32. The van der Waals surface area contributed by atoms with E-state index in [9.17, 15) is 23.2 Å². The molecule has 39 heavy (non-hydrogen) atoms. The second-order valence-electron chi connectivity index (χ2n) is 9.06. The number of fused-ring (bicyclic) bond motifs is 1. The van der Waals surface area contributed by atoms with Gasteiger partial charge in [0.25, 0.3) is 5.91 Å². The summed E-state index contributed by atoms with van der Waals surface area (Å²) in [4.78, 5) is 19.6. The maximum Gasteiger partial charge on any atom is 0.417 e. The lowest BCUT2D eigenvalue weighted by Gasteiger charge is -2.32. The topological polar surface area (TPSA) is 89.0 Å². The van der Waals surface area contributed by atoms with Gasteiger partial charge in [-0.3, -0.25) is 9.48 Å². The van der Waals surface area contributed by atoms with E-state index in [1.165, 1.54) is 11.0 Å². The Morgan fingerprint density at radius 1 is 1.18 bits per heavy atom. The Balaban J connectivity index is 0.00000353. The Hall–Kier alpha value is -4.08. The highest BCUT2D eigenvalue weighted by molar-refractivity contribution is 7.59. The standard InChI is InChI=1S/C27H23F3N6O2.H2S/c1-17-13-35(21-8-9-23(27(28,29)30)20(10-21)11-31)26(37)25-22(12-32-36(17)25)24-14-34(18(2)33-24)16-38-15-19-6-4-3-5-7-19;/h3-10,12,14,17H,13,15-16H2,1-2H3;1H2/t17-;/m0./s1. The van der Waals surface area contributed by atoms with E-state index in [1.807, 2.05) is 48.7 Å². The van der Waals surface area contributed by atoms with Crippen molar-refractivity contribution < 1.29 is 22.7 Å². The van der Waals surface area contributed by atoms with Crippen LogP contribution in [0.25, 0.3) is 11.3 Å². The third-order valence-corrected chi connectivity index (χ3v) is 6.44. The number of aryl methyl sites for hydroxylation is 1. The Morgan fingerprint density at radius 3 is 2.62 bits per heavy atom. The molecule has 0 radical (unpaired) electrons. The van der Waals surface area contributed by atoms with Crippen molar-refractivity contribution in [3.63, 3.8) is 0 Å². The number of ether oxygens (including phenoxy) is 1. The Bertz CT molecular complexity index is 1540. The van der Waals surface area contributed by atoms with Crippen molar-refractivity contribution >= 4 is 25.1 Å². The van der Waals surface area contributed by atoms with Crippen LogP contribution in [-0.2, 0) is 24.3 Å². The Morgan fingerprint density at radius 2 is 1.92 bits per heavy atom. The fourth-order valence-electron chi connectivity index (χ4n) is 4.52. The molecule has 0 N–H and O–H groups in total. The third kappa shape index (κ3) is 5.41. The van der Waals surface area contributed by atoms with Crippen LogP contribution in [-0.4, -0.2) is 31.8 Å². The molecule has 5 rings (SSSR count). The maximum absolute atomic E-state index is 13.6. The van der Waals surface area contributed by atoms with Crippen LogP contribution in [0.15, 0.2) is 60.9 Å². The zero-order valence-electron chi connectivity index (χ0n) is 21.1. The van der Waals surface area contributed by atoms with Gasteiger partial charge in [-0.1, -0.05) is 30.3 Å². The molecule has 1 aliphatic heterocycles. The molecule has 0 saturated heterocycles. The molecule has 12 heteroatoms. The number of amides is 1. The number of aromatic nitrogens is 4. The molecule has 0 aliphatic carbocycles. The summed E-state index contributed by atoms with van der Waals surface area (Å²) >= 11 is 0. The van der Waals surface area contributed by atoms with Gasteiger partial charge in [-0.2, -0.15) is 37.0 Å². The quantitative estimate of drug-likeness (QED) is 0.316. The van der Waals surface area contributed by atoms with Gasteiger partial charge in [0, 0.05) is 18.4 Å². The van der Waals surface area contributed by atoms with Crippen molar-refractivity contribution in [1.29, 1.82) is 5.26 Å². The van der Waals surface area contributed by atoms with Gasteiger partial charge in [0.2, 0.25) is 0 Å². The molecule has 0 saturated carbocycles. The zero-order chi connectivity index (χ0) is 27.0. The summed E-state index contributed by atoms with van der Waals surface area (Å²) in [5.41, 5.74) is 0.974. The second kappa shape index (κ2) is 11.0. The van der Waals surface area contributed by atoms with Gasteiger partial charge in [-0.15, -0.1) is 0 Å². The Labute approximate surface area is 229 Å². The normalized spacial score (nSPS) is 15.0. The monoisotopic (exact) mass is 554 g/mol. The minimum absolute atomic E-state index is 0. The van der Waals surface area contributed by atoms with E-state index < -0.39 is 23.2 Å². The number of rotatable bonds is 6. The summed E-state index contributed by atoms with van der Waals surface area (Å²) in [7, 11) is 0. The first-order valence-corrected chi connectivity index (χ1v) is 11.8. The number of benzene rings is 2. The van der Waals surface area contributed by atoms with Crippen LogP contribution in [0.2, 0.25) is 0 Å². The summed E-state index contributed by atoms with van der Waals surface area (Å²) in [5, 5.41) is 13.7. The van der Waals surface area contributed by atoms with Gasteiger partial charge in [-0.05, 0) is 37.6 Å². The first kappa shape index (κ1) is 27.9. The van der Waals surface area contributed by atoms with Crippen molar-refractivity contribution in [2.75, 3.05) is 11.4 Å². The first-order valence-electron chi connectivity index (χ1n) is 11.8. The molecule has 3 heterocycles. The zero-order valence-corrected chi connectivity index (χ0v) is 22.1. The van der Waals surface area contributed by atoms with Gasteiger partial charge in [0.05, 0.1) is 47.3 Å². The molecule has 0 fully saturated rings. The van der Waals surface area contributed by atoms with E-state index in [4.69, 9.17) is 4.74 Å². The van der Waals surface area contributed by atoms with Crippen molar-refractivity contribution in [2.24, 2.45) is 0 Å². The van der Waals surface area contributed by atoms with Crippen LogP contribution in [0.5, 0.6) is 0 Å².